The number of hydrogen-bond donors (Lipinski definition) is 3. The summed E-state index contributed by atoms with van der Waals surface area (Å²) in [6, 6.07) is 0. The summed E-state index contributed by atoms with van der Waals surface area (Å²) in [7, 11) is 0. The van der Waals surface area contributed by atoms with Gasteiger partial charge in [-0.1, -0.05) is 0 Å². The standard InChI is InChI=1S/C10H19N3O3/c11-3-5-13-10(15)9(14)12-4-1-8-2-6-16-7-8/h8H,1-7,11H2,(H,12,14)(H,13,15). The highest BCUT2D eigenvalue weighted by Crippen LogP contribution is 2.14. The van der Waals surface area contributed by atoms with Crippen LogP contribution in [0.1, 0.15) is 12.8 Å². The average molecular weight is 229 g/mol. The Morgan fingerprint density at radius 3 is 2.50 bits per heavy atom. The van der Waals surface area contributed by atoms with Crippen molar-refractivity contribution < 1.29 is 14.3 Å². The number of rotatable bonds is 5. The highest BCUT2D eigenvalue weighted by Gasteiger charge is 2.16. The second-order valence-electron chi connectivity index (χ2n) is 3.82. The highest BCUT2D eigenvalue weighted by molar-refractivity contribution is 6.35. The van der Waals surface area contributed by atoms with Gasteiger partial charge in [-0.25, -0.2) is 0 Å². The van der Waals surface area contributed by atoms with E-state index in [1.807, 2.05) is 0 Å². The van der Waals surface area contributed by atoms with Crippen molar-refractivity contribution in [3.8, 4) is 0 Å². The van der Waals surface area contributed by atoms with Crippen LogP contribution in [-0.4, -0.2) is 44.7 Å². The maximum absolute atomic E-state index is 11.2. The minimum absolute atomic E-state index is 0.322. The fourth-order valence-corrected chi connectivity index (χ4v) is 1.55. The number of carbonyl (C=O) groups is 2. The van der Waals surface area contributed by atoms with Gasteiger partial charge in [0.1, 0.15) is 0 Å². The van der Waals surface area contributed by atoms with Crippen molar-refractivity contribution in [2.45, 2.75) is 12.8 Å². The third kappa shape index (κ3) is 4.59. The van der Waals surface area contributed by atoms with Crippen molar-refractivity contribution >= 4 is 11.8 Å². The van der Waals surface area contributed by atoms with Crippen LogP contribution in [0.5, 0.6) is 0 Å². The van der Waals surface area contributed by atoms with Crippen molar-refractivity contribution in [1.29, 1.82) is 0 Å². The first kappa shape index (κ1) is 12.9. The molecule has 1 aliphatic heterocycles. The highest BCUT2D eigenvalue weighted by atomic mass is 16.5. The van der Waals surface area contributed by atoms with Gasteiger partial charge in [0.05, 0.1) is 0 Å². The topological polar surface area (TPSA) is 93.5 Å². The van der Waals surface area contributed by atoms with Crippen molar-refractivity contribution in [3.63, 3.8) is 0 Å². The Morgan fingerprint density at radius 2 is 1.94 bits per heavy atom. The van der Waals surface area contributed by atoms with Crippen LogP contribution in [-0.2, 0) is 14.3 Å². The van der Waals surface area contributed by atoms with Crippen LogP contribution in [0, 0.1) is 5.92 Å². The summed E-state index contributed by atoms with van der Waals surface area (Å²) >= 11 is 0. The van der Waals surface area contributed by atoms with Gasteiger partial charge in [-0.15, -0.1) is 0 Å². The minimum Gasteiger partial charge on any atom is -0.381 e. The van der Waals surface area contributed by atoms with Gasteiger partial charge in [-0.05, 0) is 18.8 Å². The van der Waals surface area contributed by atoms with Crippen LogP contribution in [0.25, 0.3) is 0 Å². The van der Waals surface area contributed by atoms with E-state index in [0.717, 1.165) is 26.1 Å². The predicted molar refractivity (Wildman–Crippen MR) is 58.6 cm³/mol. The van der Waals surface area contributed by atoms with Crippen LogP contribution in [0.2, 0.25) is 0 Å². The molecular weight excluding hydrogens is 210 g/mol. The van der Waals surface area contributed by atoms with Gasteiger partial charge in [-0.3, -0.25) is 9.59 Å². The molecule has 0 saturated carbocycles. The van der Waals surface area contributed by atoms with Gasteiger partial charge in [0.25, 0.3) is 0 Å². The van der Waals surface area contributed by atoms with Gasteiger partial charge in [0.15, 0.2) is 0 Å². The molecule has 0 bridgehead atoms. The Kier molecular flexibility index (Phi) is 5.81. The number of carbonyl (C=O) groups excluding carboxylic acids is 2. The number of hydrogen-bond acceptors (Lipinski definition) is 4. The maximum Gasteiger partial charge on any atom is 0.309 e. The number of nitrogens with two attached hydrogens (primary N) is 1. The summed E-state index contributed by atoms with van der Waals surface area (Å²) < 4.78 is 5.21. The first-order valence-electron chi connectivity index (χ1n) is 5.58. The molecular formula is C10H19N3O3. The quantitative estimate of drug-likeness (QED) is 0.506. The Balaban J connectivity index is 2.06. The van der Waals surface area contributed by atoms with Gasteiger partial charge in [0, 0.05) is 32.8 Å². The molecule has 6 heteroatoms. The number of amides is 2. The average Bonchev–Trinajstić information content (AvgIpc) is 2.78. The predicted octanol–water partition coefficient (Wildman–Crippen LogP) is -1.40. The number of ether oxygens (including phenoxy) is 1. The van der Waals surface area contributed by atoms with Crippen molar-refractivity contribution in [2.75, 3.05) is 32.8 Å². The van der Waals surface area contributed by atoms with Gasteiger partial charge < -0.3 is 21.1 Å². The summed E-state index contributed by atoms with van der Waals surface area (Å²) in [6.45, 7) is 2.73. The van der Waals surface area contributed by atoms with E-state index < -0.39 is 11.8 Å². The molecule has 0 aromatic heterocycles. The second kappa shape index (κ2) is 7.19. The lowest BCUT2D eigenvalue weighted by atomic mass is 10.1. The molecule has 1 aliphatic rings. The van der Waals surface area contributed by atoms with Crippen molar-refractivity contribution in [3.05, 3.63) is 0 Å². The van der Waals surface area contributed by atoms with Gasteiger partial charge in [0.2, 0.25) is 0 Å². The van der Waals surface area contributed by atoms with E-state index in [0.29, 0.717) is 25.6 Å². The zero-order chi connectivity index (χ0) is 11.8. The molecule has 16 heavy (non-hydrogen) atoms. The molecule has 1 unspecified atom stereocenters. The molecule has 0 radical (unpaired) electrons. The van der Waals surface area contributed by atoms with Crippen LogP contribution >= 0.6 is 0 Å². The fraction of sp³-hybridized carbons (Fsp3) is 0.800. The lowest BCUT2D eigenvalue weighted by Crippen LogP contribution is -2.42. The van der Waals surface area contributed by atoms with E-state index in [4.69, 9.17) is 10.5 Å². The summed E-state index contributed by atoms with van der Waals surface area (Å²) in [5, 5.41) is 4.98. The van der Waals surface area contributed by atoms with Crippen LogP contribution < -0.4 is 16.4 Å². The molecule has 1 heterocycles. The third-order valence-corrected chi connectivity index (χ3v) is 2.50. The first-order valence-corrected chi connectivity index (χ1v) is 5.58. The normalized spacial score (nSPS) is 19.4. The molecule has 0 aromatic carbocycles. The molecule has 1 fully saturated rings. The van der Waals surface area contributed by atoms with Crippen LogP contribution in [0.15, 0.2) is 0 Å². The molecule has 0 spiro atoms. The lowest BCUT2D eigenvalue weighted by molar-refractivity contribution is -0.139. The first-order chi connectivity index (χ1) is 7.74. The summed E-state index contributed by atoms with van der Waals surface area (Å²) in [5.74, 6) is -0.701. The summed E-state index contributed by atoms with van der Waals surface area (Å²) in [6.07, 6.45) is 1.89. The molecule has 92 valence electrons. The molecule has 6 nitrogen and oxygen atoms in total. The van der Waals surface area contributed by atoms with E-state index in [-0.39, 0.29) is 0 Å². The van der Waals surface area contributed by atoms with E-state index in [9.17, 15) is 9.59 Å². The van der Waals surface area contributed by atoms with Crippen LogP contribution in [0.4, 0.5) is 0 Å². The van der Waals surface area contributed by atoms with Crippen LogP contribution in [0.3, 0.4) is 0 Å². The fourth-order valence-electron chi connectivity index (χ4n) is 1.55. The minimum atomic E-state index is -0.617. The summed E-state index contributed by atoms with van der Waals surface area (Å²) in [5.41, 5.74) is 5.20. The molecule has 0 aliphatic carbocycles. The zero-order valence-electron chi connectivity index (χ0n) is 9.33. The molecule has 1 rings (SSSR count). The Morgan fingerprint density at radius 1 is 1.25 bits per heavy atom. The lowest BCUT2D eigenvalue weighted by Gasteiger charge is -2.08. The monoisotopic (exact) mass is 229 g/mol. The molecule has 1 atom stereocenters. The molecule has 4 N–H and O–H groups in total. The smallest absolute Gasteiger partial charge is 0.309 e. The van der Waals surface area contributed by atoms with Crippen molar-refractivity contribution in [2.24, 2.45) is 11.7 Å². The molecule has 2 amide bonds. The van der Waals surface area contributed by atoms with E-state index >= 15 is 0 Å². The maximum atomic E-state index is 11.2. The van der Waals surface area contributed by atoms with E-state index in [2.05, 4.69) is 10.6 Å². The summed E-state index contributed by atoms with van der Waals surface area (Å²) in [4.78, 5) is 22.4. The Hall–Kier alpha value is -1.14. The van der Waals surface area contributed by atoms with Crippen molar-refractivity contribution in [1.82, 2.24) is 10.6 Å². The SMILES string of the molecule is NCCNC(=O)C(=O)NCCC1CCOC1. The molecule has 0 aromatic rings. The van der Waals surface area contributed by atoms with E-state index in [1.165, 1.54) is 0 Å². The second-order valence-corrected chi connectivity index (χ2v) is 3.82. The van der Waals surface area contributed by atoms with E-state index in [1.54, 1.807) is 0 Å². The molecule has 1 saturated heterocycles. The Bertz CT molecular complexity index is 239. The third-order valence-electron chi connectivity index (χ3n) is 2.50. The van der Waals surface area contributed by atoms with Gasteiger partial charge in [-0.2, -0.15) is 0 Å². The Labute approximate surface area is 94.9 Å². The zero-order valence-corrected chi connectivity index (χ0v) is 9.33. The number of nitrogens with one attached hydrogen (secondary N) is 2. The van der Waals surface area contributed by atoms with Gasteiger partial charge >= 0.3 is 11.8 Å². The largest absolute Gasteiger partial charge is 0.381 e.